The molecular weight excluding hydrogens is 390 g/mol. The second kappa shape index (κ2) is 12.1. The van der Waals surface area contributed by atoms with E-state index in [1.54, 1.807) is 18.2 Å². The highest BCUT2D eigenvalue weighted by Gasteiger charge is 2.31. The van der Waals surface area contributed by atoms with Gasteiger partial charge < -0.3 is 15.7 Å². The summed E-state index contributed by atoms with van der Waals surface area (Å²) in [6.07, 6.45) is 8.13. The predicted molar refractivity (Wildman–Crippen MR) is 115 cm³/mol. The van der Waals surface area contributed by atoms with E-state index in [-0.39, 0.29) is 29.1 Å². The normalized spacial score (nSPS) is 15.9. The first kappa shape index (κ1) is 23.6. The third-order valence-corrected chi connectivity index (χ3v) is 7.36. The number of urea groups is 1. The van der Waals surface area contributed by atoms with Gasteiger partial charge in [0.05, 0.1) is 5.69 Å². The number of hydrogen-bond donors (Lipinski definition) is 3. The molecule has 1 heterocycles. The van der Waals surface area contributed by atoms with Crippen molar-refractivity contribution in [2.45, 2.75) is 63.2 Å². The van der Waals surface area contributed by atoms with Crippen molar-refractivity contribution in [3.8, 4) is 0 Å². The molecule has 1 aromatic carbocycles. The third kappa shape index (κ3) is 7.28. The summed E-state index contributed by atoms with van der Waals surface area (Å²) in [6.45, 7) is 3.60. The first-order valence-electron chi connectivity index (χ1n) is 10.7. The molecule has 1 fully saturated rings. The first-order chi connectivity index (χ1) is 14.0. The zero-order valence-corrected chi connectivity index (χ0v) is 18.2. The Balaban J connectivity index is 1.90. The molecule has 1 aliphatic heterocycles. The number of amides is 2. The molecule has 0 bridgehead atoms. The van der Waals surface area contributed by atoms with Gasteiger partial charge in [-0.25, -0.2) is 13.2 Å². The number of nitrogens with zero attached hydrogens (tertiary/aromatic N) is 1. The molecule has 0 atom stereocenters. The van der Waals surface area contributed by atoms with Gasteiger partial charge in [0.25, 0.3) is 0 Å². The highest BCUT2D eigenvalue weighted by atomic mass is 32.2. The molecule has 1 aromatic rings. The van der Waals surface area contributed by atoms with Crippen LogP contribution in [0.5, 0.6) is 0 Å². The minimum absolute atomic E-state index is 0.0881. The Morgan fingerprint density at radius 2 is 1.76 bits per heavy atom. The fraction of sp³-hybridized carbons (Fsp3) is 0.667. The van der Waals surface area contributed by atoms with Gasteiger partial charge in [0.15, 0.2) is 0 Å². The van der Waals surface area contributed by atoms with Gasteiger partial charge in [-0.1, -0.05) is 51.2 Å². The molecule has 3 N–H and O–H groups in total. The number of anilines is 1. The maximum absolute atomic E-state index is 13.1. The molecule has 0 aromatic heterocycles. The summed E-state index contributed by atoms with van der Waals surface area (Å²) in [6, 6.07) is 6.11. The average Bonchev–Trinajstić information content (AvgIpc) is 2.73. The number of piperidine rings is 1. The molecule has 29 heavy (non-hydrogen) atoms. The van der Waals surface area contributed by atoms with Crippen LogP contribution in [-0.4, -0.2) is 50.1 Å². The van der Waals surface area contributed by atoms with E-state index in [0.717, 1.165) is 12.8 Å². The summed E-state index contributed by atoms with van der Waals surface area (Å²) in [4.78, 5) is 12.3. The Morgan fingerprint density at radius 3 is 2.45 bits per heavy atom. The predicted octanol–water partition coefficient (Wildman–Crippen LogP) is 3.56. The minimum atomic E-state index is -3.70. The zero-order chi connectivity index (χ0) is 21.1. The topological polar surface area (TPSA) is 98.7 Å². The van der Waals surface area contributed by atoms with Crippen LogP contribution in [-0.2, 0) is 10.0 Å². The number of carbonyl (C=O) groups is 1. The van der Waals surface area contributed by atoms with Crippen LogP contribution in [0.15, 0.2) is 29.2 Å². The van der Waals surface area contributed by atoms with E-state index in [1.807, 2.05) is 0 Å². The van der Waals surface area contributed by atoms with Crippen molar-refractivity contribution in [1.29, 1.82) is 0 Å². The summed E-state index contributed by atoms with van der Waals surface area (Å²) >= 11 is 0. The molecule has 2 rings (SSSR count). The van der Waals surface area contributed by atoms with Crippen molar-refractivity contribution in [1.82, 2.24) is 9.62 Å². The molecule has 0 radical (unpaired) electrons. The molecule has 2 amide bonds. The van der Waals surface area contributed by atoms with Gasteiger partial charge in [-0.05, 0) is 37.3 Å². The van der Waals surface area contributed by atoms with Gasteiger partial charge in [0.1, 0.15) is 4.90 Å². The maximum atomic E-state index is 13.1. The first-order valence-corrected chi connectivity index (χ1v) is 12.2. The zero-order valence-electron chi connectivity index (χ0n) is 17.4. The summed E-state index contributed by atoms with van der Waals surface area (Å²) in [5.41, 5.74) is 0.289. The number of aliphatic hydroxyl groups is 1. The van der Waals surface area contributed by atoms with Crippen molar-refractivity contribution in [2.24, 2.45) is 5.92 Å². The lowest BCUT2D eigenvalue weighted by Gasteiger charge is -2.30. The van der Waals surface area contributed by atoms with Gasteiger partial charge in [0.2, 0.25) is 10.0 Å². The second-order valence-electron chi connectivity index (χ2n) is 7.67. The Kier molecular flexibility index (Phi) is 9.90. The van der Waals surface area contributed by atoms with E-state index in [9.17, 15) is 18.3 Å². The number of aliphatic hydroxyl groups excluding tert-OH is 1. The Labute approximate surface area is 174 Å². The Bertz CT molecular complexity index is 731. The van der Waals surface area contributed by atoms with Crippen LogP contribution in [0.1, 0.15) is 58.3 Å². The molecule has 1 saturated heterocycles. The van der Waals surface area contributed by atoms with Crippen molar-refractivity contribution < 1.29 is 18.3 Å². The van der Waals surface area contributed by atoms with Crippen LogP contribution in [0.25, 0.3) is 0 Å². The number of benzene rings is 1. The summed E-state index contributed by atoms with van der Waals surface area (Å²) in [5.74, 6) is 0.155. The Morgan fingerprint density at radius 1 is 1.10 bits per heavy atom. The molecular formula is C21H35N3O4S. The van der Waals surface area contributed by atoms with E-state index in [0.29, 0.717) is 32.5 Å². The van der Waals surface area contributed by atoms with Crippen molar-refractivity contribution in [3.63, 3.8) is 0 Å². The average molecular weight is 426 g/mol. The van der Waals surface area contributed by atoms with E-state index in [2.05, 4.69) is 17.6 Å². The smallest absolute Gasteiger partial charge is 0.319 e. The summed E-state index contributed by atoms with van der Waals surface area (Å²) in [5, 5.41) is 14.8. The quantitative estimate of drug-likeness (QED) is 0.472. The number of sulfonamides is 1. The largest absolute Gasteiger partial charge is 0.396 e. The van der Waals surface area contributed by atoms with Crippen LogP contribution < -0.4 is 10.6 Å². The third-order valence-electron chi connectivity index (χ3n) is 5.40. The van der Waals surface area contributed by atoms with E-state index in [1.165, 1.54) is 36.1 Å². The Hall–Kier alpha value is -1.64. The second-order valence-corrected chi connectivity index (χ2v) is 9.58. The standard InChI is InChI=1S/C21H35N3O4S/c1-2-3-4-5-6-9-14-22-21(26)23-19-10-7-8-11-20(19)29(27,28)24-15-12-18(17-25)13-16-24/h7-8,10-11,18,25H,2-6,9,12-17H2,1H3,(H2,22,23,26). The molecule has 1 aliphatic rings. The highest BCUT2D eigenvalue weighted by Crippen LogP contribution is 2.28. The number of nitrogens with one attached hydrogen (secondary N) is 2. The fourth-order valence-electron chi connectivity index (χ4n) is 3.54. The number of para-hydroxylation sites is 1. The monoisotopic (exact) mass is 425 g/mol. The molecule has 7 nitrogen and oxygen atoms in total. The summed E-state index contributed by atoms with van der Waals surface area (Å²) in [7, 11) is -3.70. The number of unbranched alkanes of at least 4 members (excludes halogenated alkanes) is 5. The molecule has 164 valence electrons. The van der Waals surface area contributed by atoms with Gasteiger partial charge in [-0.2, -0.15) is 4.31 Å². The number of rotatable bonds is 11. The van der Waals surface area contributed by atoms with Crippen LogP contribution >= 0.6 is 0 Å². The molecule has 0 saturated carbocycles. The lowest BCUT2D eigenvalue weighted by atomic mass is 10.00. The molecule has 8 heteroatoms. The van der Waals surface area contributed by atoms with Gasteiger partial charge >= 0.3 is 6.03 Å². The SMILES string of the molecule is CCCCCCCCNC(=O)Nc1ccccc1S(=O)(=O)N1CCC(CO)CC1. The van der Waals surface area contributed by atoms with Crippen LogP contribution in [0.2, 0.25) is 0 Å². The van der Waals surface area contributed by atoms with Crippen molar-refractivity contribution >= 4 is 21.7 Å². The van der Waals surface area contributed by atoms with E-state index in [4.69, 9.17) is 0 Å². The van der Waals surface area contributed by atoms with Gasteiger partial charge in [0, 0.05) is 26.2 Å². The lowest BCUT2D eigenvalue weighted by Crippen LogP contribution is -2.39. The molecule has 0 aliphatic carbocycles. The van der Waals surface area contributed by atoms with E-state index >= 15 is 0 Å². The maximum Gasteiger partial charge on any atom is 0.319 e. The van der Waals surface area contributed by atoms with Crippen LogP contribution in [0.4, 0.5) is 10.5 Å². The van der Waals surface area contributed by atoms with E-state index < -0.39 is 10.0 Å². The fourth-order valence-corrected chi connectivity index (χ4v) is 5.16. The van der Waals surface area contributed by atoms with Crippen LogP contribution in [0.3, 0.4) is 0 Å². The summed E-state index contributed by atoms with van der Waals surface area (Å²) < 4.78 is 27.6. The van der Waals surface area contributed by atoms with Crippen molar-refractivity contribution in [2.75, 3.05) is 31.6 Å². The van der Waals surface area contributed by atoms with Crippen molar-refractivity contribution in [3.05, 3.63) is 24.3 Å². The molecule has 0 spiro atoms. The minimum Gasteiger partial charge on any atom is -0.396 e. The van der Waals surface area contributed by atoms with Crippen LogP contribution in [0, 0.1) is 5.92 Å². The number of carbonyl (C=O) groups excluding carboxylic acids is 1. The highest BCUT2D eigenvalue weighted by molar-refractivity contribution is 7.89. The lowest BCUT2D eigenvalue weighted by molar-refractivity contribution is 0.170. The number of hydrogen-bond acceptors (Lipinski definition) is 4. The van der Waals surface area contributed by atoms with Gasteiger partial charge in [-0.3, -0.25) is 0 Å². The molecule has 0 unspecified atom stereocenters. The van der Waals surface area contributed by atoms with Gasteiger partial charge in [-0.15, -0.1) is 0 Å².